The van der Waals surface area contributed by atoms with E-state index in [-0.39, 0.29) is 23.4 Å². The number of likely N-dealkylation sites (tertiary alicyclic amines) is 1. The van der Waals surface area contributed by atoms with E-state index in [1.807, 2.05) is 4.90 Å². The van der Waals surface area contributed by atoms with E-state index in [0.29, 0.717) is 29.4 Å². The minimum Gasteiger partial charge on any atom is -0.492 e. The monoisotopic (exact) mass is 405 g/mol. The topological polar surface area (TPSA) is 102 Å². The van der Waals surface area contributed by atoms with Crippen molar-refractivity contribution in [3.63, 3.8) is 0 Å². The van der Waals surface area contributed by atoms with Crippen molar-refractivity contribution < 1.29 is 17.9 Å². The van der Waals surface area contributed by atoms with Gasteiger partial charge in [0.05, 0.1) is 17.9 Å². The maximum Gasteiger partial charge on any atom is 0.259 e. The van der Waals surface area contributed by atoms with Gasteiger partial charge in [0, 0.05) is 24.9 Å². The Labute approximate surface area is 166 Å². The van der Waals surface area contributed by atoms with E-state index in [0.717, 1.165) is 51.6 Å². The fourth-order valence-electron chi connectivity index (χ4n) is 4.57. The molecule has 0 spiro atoms. The molecule has 1 saturated carbocycles. The van der Waals surface area contributed by atoms with E-state index >= 15 is 0 Å². The highest BCUT2D eigenvalue weighted by Gasteiger charge is 2.31. The summed E-state index contributed by atoms with van der Waals surface area (Å²) >= 11 is 0. The summed E-state index contributed by atoms with van der Waals surface area (Å²) in [5.41, 5.74) is 7.09. The highest BCUT2D eigenvalue weighted by Crippen LogP contribution is 2.31. The molecule has 3 aliphatic rings. The van der Waals surface area contributed by atoms with Crippen LogP contribution in [0.5, 0.6) is 5.75 Å². The van der Waals surface area contributed by atoms with Gasteiger partial charge in [-0.15, -0.1) is 4.40 Å². The van der Waals surface area contributed by atoms with Gasteiger partial charge in [-0.1, -0.05) is 25.0 Å². The zero-order valence-corrected chi connectivity index (χ0v) is 16.8. The number of hydrogen-bond donors (Lipinski definition) is 1. The Morgan fingerprint density at radius 2 is 2.00 bits per heavy atom. The second kappa shape index (κ2) is 7.73. The minimum atomic E-state index is -3.56. The summed E-state index contributed by atoms with van der Waals surface area (Å²) in [6.45, 7) is 2.04. The van der Waals surface area contributed by atoms with E-state index in [9.17, 15) is 13.2 Å². The summed E-state index contributed by atoms with van der Waals surface area (Å²) in [6, 6.07) is 5.31. The van der Waals surface area contributed by atoms with Crippen molar-refractivity contribution in [1.29, 1.82) is 0 Å². The van der Waals surface area contributed by atoms with E-state index < -0.39 is 10.0 Å². The first-order valence-corrected chi connectivity index (χ1v) is 11.7. The van der Waals surface area contributed by atoms with Crippen LogP contribution >= 0.6 is 0 Å². The lowest BCUT2D eigenvalue weighted by Gasteiger charge is -2.34. The molecule has 0 radical (unpaired) electrons. The molecule has 2 N–H and O–H groups in total. The lowest BCUT2D eigenvalue weighted by atomic mass is 9.96. The van der Waals surface area contributed by atoms with Crippen molar-refractivity contribution in [1.82, 2.24) is 4.90 Å². The molecule has 2 aliphatic heterocycles. The number of carbonyl (C=O) groups excluding carboxylic acids is 1. The van der Waals surface area contributed by atoms with Crippen molar-refractivity contribution in [2.24, 2.45) is 22.0 Å². The van der Waals surface area contributed by atoms with Gasteiger partial charge < -0.3 is 15.4 Å². The molecule has 7 nitrogen and oxygen atoms in total. The van der Waals surface area contributed by atoms with Gasteiger partial charge in [-0.25, -0.2) is 8.42 Å². The van der Waals surface area contributed by atoms with Crippen molar-refractivity contribution in [2.75, 3.05) is 19.7 Å². The number of piperidine rings is 1. The number of benzene rings is 1. The molecule has 0 unspecified atom stereocenters. The lowest BCUT2D eigenvalue weighted by Crippen LogP contribution is -2.44. The number of rotatable bonds is 4. The smallest absolute Gasteiger partial charge is 0.259 e. The number of ether oxygens (including phenoxy) is 1. The fourth-order valence-corrected chi connectivity index (χ4v) is 5.66. The molecule has 1 aromatic carbocycles. The SMILES string of the molecule is NC1=NS(=O)(=O)Cc2cccc(OC[C@H]3CCCN(C(=O)C4CCCC4)C3)c21. The van der Waals surface area contributed by atoms with Crippen LogP contribution in [0, 0.1) is 11.8 Å². The number of sulfonamides is 1. The summed E-state index contributed by atoms with van der Waals surface area (Å²) in [6.07, 6.45) is 6.37. The molecule has 1 aliphatic carbocycles. The van der Waals surface area contributed by atoms with Gasteiger partial charge in [0.1, 0.15) is 11.6 Å². The predicted octanol–water partition coefficient (Wildman–Crippen LogP) is 2.04. The molecule has 8 heteroatoms. The van der Waals surface area contributed by atoms with Gasteiger partial charge in [0.25, 0.3) is 10.0 Å². The Morgan fingerprint density at radius 1 is 1.21 bits per heavy atom. The third-order valence-electron chi connectivity index (χ3n) is 5.95. The Hall–Kier alpha value is -2.09. The molecule has 2 fully saturated rings. The number of nitrogens with zero attached hydrogens (tertiary/aromatic N) is 2. The summed E-state index contributed by atoms with van der Waals surface area (Å²) in [7, 11) is -3.56. The van der Waals surface area contributed by atoms with Crippen LogP contribution < -0.4 is 10.5 Å². The molecule has 1 saturated heterocycles. The minimum absolute atomic E-state index is 0.0152. The van der Waals surface area contributed by atoms with Crippen LogP contribution in [-0.2, 0) is 20.6 Å². The van der Waals surface area contributed by atoms with Crippen molar-refractivity contribution in [3.8, 4) is 5.75 Å². The molecule has 28 heavy (non-hydrogen) atoms. The van der Waals surface area contributed by atoms with Gasteiger partial charge >= 0.3 is 0 Å². The van der Waals surface area contributed by atoms with Crippen molar-refractivity contribution in [2.45, 2.75) is 44.3 Å². The summed E-state index contributed by atoms with van der Waals surface area (Å²) in [4.78, 5) is 14.7. The van der Waals surface area contributed by atoms with Crippen molar-refractivity contribution in [3.05, 3.63) is 29.3 Å². The molecule has 1 aromatic rings. The number of hydrogen-bond acceptors (Lipinski definition) is 5. The van der Waals surface area contributed by atoms with Gasteiger partial charge in [-0.05, 0) is 37.3 Å². The Kier molecular flexibility index (Phi) is 5.31. The number of fused-ring (bicyclic) bond motifs is 1. The summed E-state index contributed by atoms with van der Waals surface area (Å²) < 4.78 is 33.3. The average Bonchev–Trinajstić information content (AvgIpc) is 3.19. The molecular formula is C20H27N3O4S. The first-order valence-electron chi connectivity index (χ1n) is 10.0. The first-order chi connectivity index (χ1) is 13.4. The molecule has 0 aromatic heterocycles. The van der Waals surface area contributed by atoms with Gasteiger partial charge in [-0.3, -0.25) is 4.79 Å². The number of amidine groups is 1. The van der Waals surface area contributed by atoms with E-state index in [1.54, 1.807) is 18.2 Å². The normalized spacial score (nSPS) is 24.5. The first kappa shape index (κ1) is 19.2. The standard InChI is InChI=1S/C20H27N3O4S/c21-19-18-16(13-28(25,26)22-19)8-3-9-17(18)27-12-14-5-4-10-23(11-14)20(24)15-6-1-2-7-15/h3,8-9,14-15H,1-2,4-7,10-13H2,(H2,21,22)/t14-/m0/s1. The third kappa shape index (κ3) is 4.01. The highest BCUT2D eigenvalue weighted by molar-refractivity contribution is 7.89. The van der Waals surface area contributed by atoms with Crippen LogP contribution in [0.3, 0.4) is 0 Å². The van der Waals surface area contributed by atoms with Gasteiger partial charge in [0.15, 0.2) is 0 Å². The Balaban J connectivity index is 1.42. The highest BCUT2D eigenvalue weighted by atomic mass is 32.2. The summed E-state index contributed by atoms with van der Waals surface area (Å²) in [5.74, 6) is 1.17. The van der Waals surface area contributed by atoms with Crippen LogP contribution in [0.1, 0.15) is 49.7 Å². The average molecular weight is 406 g/mol. The number of carbonyl (C=O) groups is 1. The molecule has 1 atom stereocenters. The van der Waals surface area contributed by atoms with E-state index in [2.05, 4.69) is 4.40 Å². The maximum absolute atomic E-state index is 12.7. The van der Waals surface area contributed by atoms with E-state index in [4.69, 9.17) is 10.5 Å². The number of amides is 1. The maximum atomic E-state index is 12.7. The Morgan fingerprint density at radius 3 is 2.79 bits per heavy atom. The van der Waals surface area contributed by atoms with Crippen LogP contribution in [-0.4, -0.2) is 44.8 Å². The second-order valence-electron chi connectivity index (χ2n) is 8.08. The summed E-state index contributed by atoms with van der Waals surface area (Å²) in [5, 5.41) is 0. The molecule has 152 valence electrons. The van der Waals surface area contributed by atoms with Crippen LogP contribution in [0.15, 0.2) is 22.6 Å². The predicted molar refractivity (Wildman–Crippen MR) is 107 cm³/mol. The molecular weight excluding hydrogens is 378 g/mol. The van der Waals surface area contributed by atoms with E-state index in [1.165, 1.54) is 0 Å². The molecule has 0 bridgehead atoms. The fraction of sp³-hybridized carbons (Fsp3) is 0.600. The largest absolute Gasteiger partial charge is 0.492 e. The molecule has 1 amide bonds. The van der Waals surface area contributed by atoms with Gasteiger partial charge in [0.2, 0.25) is 5.91 Å². The van der Waals surface area contributed by atoms with Gasteiger partial charge in [-0.2, -0.15) is 0 Å². The zero-order valence-electron chi connectivity index (χ0n) is 16.0. The van der Waals surface area contributed by atoms with Crippen LogP contribution in [0.2, 0.25) is 0 Å². The third-order valence-corrected chi connectivity index (χ3v) is 7.10. The van der Waals surface area contributed by atoms with Crippen molar-refractivity contribution >= 4 is 21.8 Å². The zero-order chi connectivity index (χ0) is 19.7. The Bertz CT molecular complexity index is 891. The second-order valence-corrected chi connectivity index (χ2v) is 9.71. The molecule has 4 rings (SSSR count). The number of nitrogens with two attached hydrogens (primary N) is 1. The van der Waals surface area contributed by atoms with Crippen LogP contribution in [0.25, 0.3) is 0 Å². The lowest BCUT2D eigenvalue weighted by molar-refractivity contribution is -0.137. The molecule has 2 heterocycles. The quantitative estimate of drug-likeness (QED) is 0.826. The van der Waals surface area contributed by atoms with Crippen LogP contribution in [0.4, 0.5) is 0 Å².